The summed E-state index contributed by atoms with van der Waals surface area (Å²) in [4.78, 5) is 18.7. The fourth-order valence-corrected chi connectivity index (χ4v) is 4.42. The highest BCUT2D eigenvalue weighted by atomic mass is 16.5. The van der Waals surface area contributed by atoms with E-state index in [1.54, 1.807) is 0 Å². The zero-order valence-corrected chi connectivity index (χ0v) is 18.3. The van der Waals surface area contributed by atoms with Crippen molar-refractivity contribution >= 4 is 22.7 Å². The van der Waals surface area contributed by atoms with E-state index in [1.165, 1.54) is 25.9 Å². The lowest BCUT2D eigenvalue weighted by atomic mass is 9.90. The summed E-state index contributed by atoms with van der Waals surface area (Å²) in [5.41, 5.74) is 6.85. The number of carbonyl (C=O) groups excluding carboxylic acids is 1. The first-order chi connectivity index (χ1) is 15.7. The molecule has 7 heteroatoms. The Morgan fingerprint density at radius 1 is 1.12 bits per heavy atom. The number of oxazole rings is 1. The van der Waals surface area contributed by atoms with Crippen LogP contribution in [-0.2, 0) is 4.79 Å². The molecule has 0 radical (unpaired) electrons. The molecule has 0 aliphatic carbocycles. The molecule has 1 atom stereocenters. The second kappa shape index (κ2) is 9.12. The number of aromatic nitrogens is 1. The van der Waals surface area contributed by atoms with Gasteiger partial charge in [0.1, 0.15) is 17.9 Å². The number of nitrogens with one attached hydrogen (secondary N) is 1. The van der Waals surface area contributed by atoms with E-state index in [1.807, 2.05) is 42.5 Å². The van der Waals surface area contributed by atoms with Crippen molar-refractivity contribution in [3.05, 3.63) is 48.0 Å². The van der Waals surface area contributed by atoms with E-state index in [9.17, 15) is 4.79 Å². The summed E-state index contributed by atoms with van der Waals surface area (Å²) in [5.74, 6) is 1.51. The van der Waals surface area contributed by atoms with Crippen molar-refractivity contribution in [2.75, 3.05) is 26.2 Å². The number of amides is 1. The topological polar surface area (TPSA) is 80.0 Å². The SMILES string of the molecule is CCC1CC(=O)NN=C1c1ccc2nc(-c3ccc(OCCN4CCCC4)cc3)oc2c1. The minimum Gasteiger partial charge on any atom is -0.492 e. The number of likely N-dealkylation sites (tertiary alicyclic amines) is 1. The van der Waals surface area contributed by atoms with Crippen LogP contribution in [-0.4, -0.2) is 47.7 Å². The minimum atomic E-state index is -0.0351. The molecule has 3 heterocycles. The van der Waals surface area contributed by atoms with E-state index >= 15 is 0 Å². The van der Waals surface area contributed by atoms with E-state index in [2.05, 4.69) is 27.3 Å². The molecule has 1 aromatic heterocycles. The summed E-state index contributed by atoms with van der Waals surface area (Å²) in [5, 5.41) is 4.30. The van der Waals surface area contributed by atoms with E-state index in [0.717, 1.165) is 41.1 Å². The maximum absolute atomic E-state index is 11.7. The van der Waals surface area contributed by atoms with Gasteiger partial charge in [-0.15, -0.1) is 0 Å². The van der Waals surface area contributed by atoms with Crippen LogP contribution >= 0.6 is 0 Å². The van der Waals surface area contributed by atoms with Crippen LogP contribution in [0.25, 0.3) is 22.6 Å². The number of rotatable bonds is 7. The Morgan fingerprint density at radius 2 is 1.91 bits per heavy atom. The summed E-state index contributed by atoms with van der Waals surface area (Å²) >= 11 is 0. The molecule has 0 spiro atoms. The van der Waals surface area contributed by atoms with Crippen LogP contribution in [0.15, 0.2) is 52.0 Å². The van der Waals surface area contributed by atoms with Gasteiger partial charge < -0.3 is 9.15 Å². The van der Waals surface area contributed by atoms with Gasteiger partial charge in [-0.25, -0.2) is 10.4 Å². The molecule has 7 nitrogen and oxygen atoms in total. The van der Waals surface area contributed by atoms with Gasteiger partial charge in [0, 0.05) is 30.0 Å². The van der Waals surface area contributed by atoms with Gasteiger partial charge in [0.05, 0.1) is 5.71 Å². The summed E-state index contributed by atoms with van der Waals surface area (Å²) in [7, 11) is 0. The molecule has 1 unspecified atom stereocenters. The molecule has 166 valence electrons. The number of fused-ring (bicyclic) bond motifs is 1. The molecule has 0 saturated carbocycles. The first-order valence-electron chi connectivity index (χ1n) is 11.4. The largest absolute Gasteiger partial charge is 0.492 e. The van der Waals surface area contributed by atoms with Crippen molar-refractivity contribution in [2.45, 2.75) is 32.6 Å². The molecular weight excluding hydrogens is 404 g/mol. The van der Waals surface area contributed by atoms with E-state index in [0.29, 0.717) is 24.5 Å². The Kier molecular flexibility index (Phi) is 5.90. The smallest absolute Gasteiger partial charge is 0.240 e. The zero-order valence-electron chi connectivity index (χ0n) is 18.3. The zero-order chi connectivity index (χ0) is 21.9. The van der Waals surface area contributed by atoms with Gasteiger partial charge in [-0.05, 0) is 68.8 Å². The minimum absolute atomic E-state index is 0.0351. The van der Waals surface area contributed by atoms with Gasteiger partial charge in [-0.3, -0.25) is 9.69 Å². The molecule has 3 aromatic rings. The van der Waals surface area contributed by atoms with Crippen molar-refractivity contribution in [3.8, 4) is 17.2 Å². The van der Waals surface area contributed by atoms with Crippen LogP contribution < -0.4 is 10.2 Å². The van der Waals surface area contributed by atoms with Gasteiger partial charge in [-0.1, -0.05) is 13.0 Å². The third kappa shape index (κ3) is 4.39. The van der Waals surface area contributed by atoms with E-state index in [-0.39, 0.29) is 11.8 Å². The highest BCUT2D eigenvalue weighted by molar-refractivity contribution is 6.07. The molecule has 5 rings (SSSR count). The van der Waals surface area contributed by atoms with Crippen LogP contribution in [0.1, 0.15) is 38.2 Å². The van der Waals surface area contributed by atoms with E-state index < -0.39 is 0 Å². The fourth-order valence-electron chi connectivity index (χ4n) is 4.42. The predicted molar refractivity (Wildman–Crippen MR) is 124 cm³/mol. The Balaban J connectivity index is 1.30. The van der Waals surface area contributed by atoms with Crippen LogP contribution in [0.4, 0.5) is 0 Å². The van der Waals surface area contributed by atoms with Crippen LogP contribution in [0.2, 0.25) is 0 Å². The van der Waals surface area contributed by atoms with Gasteiger partial charge >= 0.3 is 0 Å². The lowest BCUT2D eigenvalue weighted by molar-refractivity contribution is -0.122. The number of hydrazone groups is 1. The molecule has 2 aromatic carbocycles. The molecular formula is C25H28N4O3. The summed E-state index contributed by atoms with van der Waals surface area (Å²) in [6.45, 7) is 6.12. The van der Waals surface area contributed by atoms with Crippen LogP contribution in [0, 0.1) is 5.92 Å². The number of carbonyl (C=O) groups is 1. The van der Waals surface area contributed by atoms with Gasteiger partial charge in [0.15, 0.2) is 5.58 Å². The molecule has 1 fully saturated rings. The number of nitrogens with zero attached hydrogens (tertiary/aromatic N) is 3. The Morgan fingerprint density at radius 3 is 2.69 bits per heavy atom. The number of benzene rings is 2. The third-order valence-electron chi connectivity index (χ3n) is 6.27. The Bertz CT molecular complexity index is 1130. The standard InChI is InChI=1S/C25H28N4O3/c1-2-17-16-23(30)27-28-24(17)19-7-10-21-22(15-19)32-25(26-21)18-5-8-20(9-6-18)31-14-13-29-11-3-4-12-29/h5-10,15,17H,2-4,11-14,16H2,1H3,(H,27,30). The highest BCUT2D eigenvalue weighted by Gasteiger charge is 2.24. The molecule has 2 aliphatic rings. The fraction of sp³-hybridized carbons (Fsp3) is 0.400. The van der Waals surface area contributed by atoms with E-state index in [4.69, 9.17) is 9.15 Å². The maximum Gasteiger partial charge on any atom is 0.240 e. The lowest BCUT2D eigenvalue weighted by Gasteiger charge is -2.21. The van der Waals surface area contributed by atoms with Gasteiger partial charge in [0.25, 0.3) is 0 Å². The predicted octanol–water partition coefficient (Wildman–Crippen LogP) is 4.22. The monoisotopic (exact) mass is 432 g/mol. The molecule has 1 N–H and O–H groups in total. The molecule has 32 heavy (non-hydrogen) atoms. The molecule has 1 saturated heterocycles. The summed E-state index contributed by atoms with van der Waals surface area (Å²) < 4.78 is 12.0. The average Bonchev–Trinajstić information content (AvgIpc) is 3.49. The number of hydrogen-bond donors (Lipinski definition) is 1. The lowest BCUT2D eigenvalue weighted by Crippen LogP contribution is -2.33. The van der Waals surface area contributed by atoms with Gasteiger partial charge in [-0.2, -0.15) is 5.10 Å². The van der Waals surface area contributed by atoms with Crippen molar-refractivity contribution in [3.63, 3.8) is 0 Å². The Hall–Kier alpha value is -3.19. The number of ether oxygens (including phenoxy) is 1. The van der Waals surface area contributed by atoms with Gasteiger partial charge in [0.2, 0.25) is 11.8 Å². The van der Waals surface area contributed by atoms with Crippen molar-refractivity contribution < 1.29 is 13.9 Å². The summed E-state index contributed by atoms with van der Waals surface area (Å²) in [6.07, 6.45) is 3.91. The molecule has 0 bridgehead atoms. The first-order valence-corrected chi connectivity index (χ1v) is 11.4. The second-order valence-corrected chi connectivity index (χ2v) is 8.46. The molecule has 2 aliphatic heterocycles. The highest BCUT2D eigenvalue weighted by Crippen LogP contribution is 2.28. The van der Waals surface area contributed by atoms with Crippen molar-refractivity contribution in [1.82, 2.24) is 15.3 Å². The van der Waals surface area contributed by atoms with Crippen LogP contribution in [0.3, 0.4) is 0 Å². The second-order valence-electron chi connectivity index (χ2n) is 8.46. The third-order valence-corrected chi connectivity index (χ3v) is 6.27. The Labute approximate surface area is 187 Å². The van der Waals surface area contributed by atoms with Crippen molar-refractivity contribution in [2.24, 2.45) is 11.0 Å². The van der Waals surface area contributed by atoms with Crippen LogP contribution in [0.5, 0.6) is 5.75 Å². The molecule has 1 amide bonds. The summed E-state index contributed by atoms with van der Waals surface area (Å²) in [6, 6.07) is 13.8. The maximum atomic E-state index is 11.7. The number of hydrogen-bond acceptors (Lipinski definition) is 6. The van der Waals surface area contributed by atoms with Crippen molar-refractivity contribution in [1.29, 1.82) is 0 Å². The normalized spacial score (nSPS) is 19.2. The first kappa shape index (κ1) is 20.7. The average molecular weight is 433 g/mol. The quantitative estimate of drug-likeness (QED) is 0.605.